The normalized spacial score (nSPS) is 16.5. The van der Waals surface area contributed by atoms with Crippen LogP contribution < -0.4 is 4.74 Å². The number of nitrogens with zero attached hydrogens (tertiary/aromatic N) is 2. The van der Waals surface area contributed by atoms with Gasteiger partial charge in [-0.3, -0.25) is 4.90 Å². The lowest BCUT2D eigenvalue weighted by atomic mass is 9.97. The molecule has 1 aromatic heterocycles. The molecule has 0 bridgehead atoms. The molecule has 0 fully saturated rings. The van der Waals surface area contributed by atoms with E-state index in [2.05, 4.69) is 4.98 Å². The van der Waals surface area contributed by atoms with Gasteiger partial charge in [-0.25, -0.2) is 14.6 Å². The first-order valence-electron chi connectivity index (χ1n) is 7.03. The molecule has 3 rings (SSSR count). The molecule has 2 heterocycles. The molecule has 1 aromatic carbocycles. The van der Waals surface area contributed by atoms with Crippen LogP contribution in [0.15, 0.2) is 23.7 Å². The summed E-state index contributed by atoms with van der Waals surface area (Å²) in [7, 11) is 0. The second-order valence-electron chi connectivity index (χ2n) is 5.16. The van der Waals surface area contributed by atoms with E-state index < -0.39 is 24.7 Å². The molecule has 24 heavy (non-hydrogen) atoms. The van der Waals surface area contributed by atoms with Crippen molar-refractivity contribution in [2.45, 2.75) is 12.5 Å². The van der Waals surface area contributed by atoms with Gasteiger partial charge in [0, 0.05) is 23.6 Å². The first kappa shape index (κ1) is 16.5. The fourth-order valence-electron chi connectivity index (χ4n) is 2.70. The summed E-state index contributed by atoms with van der Waals surface area (Å²) in [5.41, 5.74) is 3.02. The Labute approximate surface area is 146 Å². The van der Waals surface area contributed by atoms with Crippen molar-refractivity contribution in [3.05, 3.63) is 44.9 Å². The molecule has 1 atom stereocenters. The quantitative estimate of drug-likeness (QED) is 0.860. The largest absolute Gasteiger partial charge is 0.482 e. The van der Waals surface area contributed by atoms with E-state index in [4.69, 9.17) is 21.4 Å². The van der Waals surface area contributed by atoms with E-state index in [-0.39, 0.29) is 0 Å². The Morgan fingerprint density at radius 1 is 1.42 bits per heavy atom. The second-order valence-corrected chi connectivity index (χ2v) is 6.48. The average Bonchev–Trinajstić information content (AvgIpc) is 3.01. The van der Waals surface area contributed by atoms with Gasteiger partial charge in [0.1, 0.15) is 11.8 Å². The highest BCUT2D eigenvalue weighted by Gasteiger charge is 2.35. The molecule has 0 radical (unpaired) electrons. The zero-order valence-corrected chi connectivity index (χ0v) is 13.9. The molecule has 0 aliphatic carbocycles. The molecular weight excluding hydrogens is 356 g/mol. The first-order chi connectivity index (χ1) is 11.5. The van der Waals surface area contributed by atoms with Crippen molar-refractivity contribution in [2.75, 3.05) is 13.2 Å². The highest BCUT2D eigenvalue weighted by Crippen LogP contribution is 2.41. The van der Waals surface area contributed by atoms with E-state index in [9.17, 15) is 14.7 Å². The molecule has 1 aliphatic rings. The van der Waals surface area contributed by atoms with E-state index >= 15 is 0 Å². The fraction of sp³-hybridized carbons (Fsp3) is 0.267. The molecule has 2 N–H and O–H groups in total. The summed E-state index contributed by atoms with van der Waals surface area (Å²) in [4.78, 5) is 28.8. The van der Waals surface area contributed by atoms with Crippen LogP contribution in [-0.4, -0.2) is 45.3 Å². The number of carboxylic acid groups (broad SMARTS) is 2. The topological polar surface area (TPSA) is 100.0 Å². The van der Waals surface area contributed by atoms with Gasteiger partial charge in [-0.1, -0.05) is 11.6 Å². The van der Waals surface area contributed by atoms with Gasteiger partial charge in [-0.2, -0.15) is 0 Å². The summed E-state index contributed by atoms with van der Waals surface area (Å²) in [6, 6.07) is 4.11. The number of rotatable bonds is 4. The number of benzene rings is 1. The third kappa shape index (κ3) is 3.15. The van der Waals surface area contributed by atoms with Gasteiger partial charge in [0.25, 0.3) is 0 Å². The highest BCUT2D eigenvalue weighted by atomic mass is 35.5. The summed E-state index contributed by atoms with van der Waals surface area (Å²) >= 11 is 7.43. The average molecular weight is 369 g/mol. The van der Waals surface area contributed by atoms with E-state index in [1.807, 2.05) is 0 Å². The van der Waals surface area contributed by atoms with Crippen LogP contribution in [0.1, 0.15) is 22.2 Å². The zero-order valence-electron chi connectivity index (χ0n) is 12.3. The van der Waals surface area contributed by atoms with Crippen molar-refractivity contribution in [1.29, 1.82) is 0 Å². The van der Waals surface area contributed by atoms with Crippen LogP contribution in [0.2, 0.25) is 5.02 Å². The predicted molar refractivity (Wildman–Crippen MR) is 87.0 cm³/mol. The van der Waals surface area contributed by atoms with Crippen LogP contribution in [0.4, 0.5) is 4.79 Å². The van der Waals surface area contributed by atoms with Gasteiger partial charge < -0.3 is 14.9 Å². The van der Waals surface area contributed by atoms with E-state index in [1.54, 1.807) is 23.7 Å². The minimum atomic E-state index is -1.12. The lowest BCUT2D eigenvalue weighted by Gasteiger charge is -2.34. The number of aliphatic carboxylic acids is 1. The van der Waals surface area contributed by atoms with Gasteiger partial charge >= 0.3 is 12.1 Å². The van der Waals surface area contributed by atoms with Crippen molar-refractivity contribution in [2.24, 2.45) is 0 Å². The fourth-order valence-corrected chi connectivity index (χ4v) is 3.85. The lowest BCUT2D eigenvalue weighted by Crippen LogP contribution is -2.39. The number of carboxylic acids is 1. The molecule has 0 saturated heterocycles. The van der Waals surface area contributed by atoms with Crippen LogP contribution in [-0.2, 0) is 11.2 Å². The van der Waals surface area contributed by atoms with Crippen molar-refractivity contribution < 1.29 is 24.5 Å². The van der Waals surface area contributed by atoms with Crippen molar-refractivity contribution >= 4 is 35.0 Å². The maximum absolute atomic E-state index is 11.7. The number of thiazole rings is 1. The number of amides is 1. The Kier molecular flexibility index (Phi) is 4.59. The number of hydrogen-bond donors (Lipinski definition) is 2. The molecule has 126 valence electrons. The molecule has 2 aromatic rings. The highest BCUT2D eigenvalue weighted by molar-refractivity contribution is 7.09. The number of fused-ring (bicyclic) bond motifs is 1. The van der Waals surface area contributed by atoms with Crippen LogP contribution in [0.25, 0.3) is 0 Å². The van der Waals surface area contributed by atoms with Crippen molar-refractivity contribution in [3.8, 4) is 5.75 Å². The Morgan fingerprint density at radius 2 is 2.21 bits per heavy atom. The Morgan fingerprint density at radius 3 is 2.92 bits per heavy atom. The summed E-state index contributed by atoms with van der Waals surface area (Å²) in [5, 5.41) is 18.8. The molecule has 9 heteroatoms. The van der Waals surface area contributed by atoms with Crippen LogP contribution in [0, 0.1) is 0 Å². The summed E-state index contributed by atoms with van der Waals surface area (Å²) < 4.78 is 5.33. The lowest BCUT2D eigenvalue weighted by molar-refractivity contribution is -0.139. The van der Waals surface area contributed by atoms with Gasteiger partial charge in [0.05, 0.1) is 16.1 Å². The van der Waals surface area contributed by atoms with Crippen molar-refractivity contribution in [1.82, 2.24) is 9.88 Å². The maximum atomic E-state index is 11.7. The SMILES string of the molecule is O=C(O)COc1ccc(Cl)cc1C1c2scnc2CCN1C(=O)O. The standard InChI is InChI=1S/C15H13ClN2O5S/c16-8-1-2-11(23-6-12(19)20)9(5-8)13-14-10(17-7-24-14)3-4-18(13)15(21)22/h1-2,5,7,13H,3-4,6H2,(H,19,20)(H,21,22). The Hall–Kier alpha value is -2.32. The minimum absolute atomic E-state index is 0.291. The molecule has 1 aliphatic heterocycles. The van der Waals surface area contributed by atoms with E-state index in [0.717, 1.165) is 10.6 Å². The smallest absolute Gasteiger partial charge is 0.408 e. The first-order valence-corrected chi connectivity index (χ1v) is 8.29. The number of carbonyl (C=O) groups is 2. The molecule has 0 spiro atoms. The van der Waals surface area contributed by atoms with Crippen LogP contribution >= 0.6 is 22.9 Å². The van der Waals surface area contributed by atoms with E-state index in [0.29, 0.717) is 29.3 Å². The molecule has 1 amide bonds. The third-order valence-corrected chi connectivity index (χ3v) is 4.84. The van der Waals surface area contributed by atoms with Gasteiger partial charge in [0.15, 0.2) is 6.61 Å². The molecule has 0 saturated carbocycles. The minimum Gasteiger partial charge on any atom is -0.482 e. The molecule has 7 nitrogen and oxygen atoms in total. The van der Waals surface area contributed by atoms with Gasteiger partial charge in [-0.05, 0) is 18.2 Å². The Bertz CT molecular complexity index is 794. The summed E-state index contributed by atoms with van der Waals surface area (Å²) in [6.45, 7) is -0.231. The number of aromatic nitrogens is 1. The van der Waals surface area contributed by atoms with Crippen LogP contribution in [0.5, 0.6) is 5.75 Å². The monoisotopic (exact) mass is 368 g/mol. The van der Waals surface area contributed by atoms with Crippen molar-refractivity contribution in [3.63, 3.8) is 0 Å². The Balaban J connectivity index is 2.09. The second kappa shape index (κ2) is 6.66. The molecular formula is C15H13ClN2O5S. The van der Waals surface area contributed by atoms with Gasteiger partial charge in [-0.15, -0.1) is 11.3 Å². The number of halogens is 1. The summed E-state index contributed by atoms with van der Waals surface area (Å²) in [6.07, 6.45) is -0.531. The maximum Gasteiger partial charge on any atom is 0.408 e. The van der Waals surface area contributed by atoms with Crippen LogP contribution in [0.3, 0.4) is 0 Å². The summed E-state index contributed by atoms with van der Waals surface area (Å²) in [5.74, 6) is -0.826. The predicted octanol–water partition coefficient (Wildman–Crippen LogP) is 2.89. The van der Waals surface area contributed by atoms with Gasteiger partial charge in [0.2, 0.25) is 0 Å². The third-order valence-electron chi connectivity index (χ3n) is 3.69. The van der Waals surface area contributed by atoms with E-state index in [1.165, 1.54) is 16.2 Å². The number of hydrogen-bond acceptors (Lipinski definition) is 5. The zero-order chi connectivity index (χ0) is 17.3. The molecule has 1 unspecified atom stereocenters. The number of ether oxygens (including phenoxy) is 1.